The van der Waals surface area contributed by atoms with Gasteiger partial charge >= 0.3 is 0 Å². The Morgan fingerprint density at radius 2 is 2.42 bits per heavy atom. The van der Waals surface area contributed by atoms with Gasteiger partial charge in [-0.3, -0.25) is 4.79 Å². The number of carbonyl (C=O) groups is 1. The number of halogens is 1. The minimum atomic E-state index is -0.00704. The molecule has 0 aromatic carbocycles. The SMILES string of the molecule is CN(C)C(=O)Cn1cnc(Br)n1. The smallest absolute Gasteiger partial charge is 0.243 e. The van der Waals surface area contributed by atoms with Gasteiger partial charge < -0.3 is 4.90 Å². The van der Waals surface area contributed by atoms with E-state index >= 15 is 0 Å². The van der Waals surface area contributed by atoms with E-state index in [1.807, 2.05) is 0 Å². The lowest BCUT2D eigenvalue weighted by Crippen LogP contribution is -2.26. The average molecular weight is 233 g/mol. The molecule has 66 valence electrons. The summed E-state index contributed by atoms with van der Waals surface area (Å²) < 4.78 is 1.97. The Morgan fingerprint density at radius 1 is 1.75 bits per heavy atom. The van der Waals surface area contributed by atoms with Gasteiger partial charge in [0.05, 0.1) is 0 Å². The van der Waals surface area contributed by atoms with Gasteiger partial charge in [-0.1, -0.05) is 0 Å². The molecular weight excluding hydrogens is 224 g/mol. The molecule has 0 aliphatic rings. The second kappa shape index (κ2) is 3.66. The molecule has 1 rings (SSSR count). The Kier molecular flexibility index (Phi) is 2.80. The van der Waals surface area contributed by atoms with E-state index in [0.717, 1.165) is 0 Å². The summed E-state index contributed by atoms with van der Waals surface area (Å²) in [5.74, 6) is -0.00704. The van der Waals surface area contributed by atoms with Crippen LogP contribution in [-0.2, 0) is 11.3 Å². The first kappa shape index (κ1) is 9.18. The normalized spacial score (nSPS) is 9.92. The maximum absolute atomic E-state index is 11.1. The Balaban J connectivity index is 2.58. The maximum Gasteiger partial charge on any atom is 0.243 e. The van der Waals surface area contributed by atoms with Crippen molar-refractivity contribution in [2.45, 2.75) is 6.54 Å². The fraction of sp³-hybridized carbons (Fsp3) is 0.500. The predicted molar refractivity (Wildman–Crippen MR) is 46.4 cm³/mol. The largest absolute Gasteiger partial charge is 0.347 e. The van der Waals surface area contributed by atoms with Crippen LogP contribution < -0.4 is 0 Å². The Bertz CT molecular complexity index is 283. The molecule has 6 heteroatoms. The number of carbonyl (C=O) groups excluding carboxylic acids is 1. The molecule has 0 saturated heterocycles. The van der Waals surface area contributed by atoms with Crippen LogP contribution in [0.3, 0.4) is 0 Å². The van der Waals surface area contributed by atoms with E-state index in [1.54, 1.807) is 14.1 Å². The first-order valence-electron chi connectivity index (χ1n) is 3.34. The molecule has 0 N–H and O–H groups in total. The number of rotatable bonds is 2. The summed E-state index contributed by atoms with van der Waals surface area (Å²) in [5, 5.41) is 3.91. The summed E-state index contributed by atoms with van der Waals surface area (Å²) in [4.78, 5) is 16.5. The Labute approximate surface area is 78.5 Å². The predicted octanol–water partition coefficient (Wildman–Crippen LogP) is 0.129. The van der Waals surface area contributed by atoms with E-state index in [1.165, 1.54) is 15.9 Å². The third-order valence-corrected chi connectivity index (χ3v) is 1.67. The van der Waals surface area contributed by atoms with Gasteiger partial charge in [0.1, 0.15) is 12.9 Å². The van der Waals surface area contributed by atoms with E-state index in [2.05, 4.69) is 26.0 Å². The summed E-state index contributed by atoms with van der Waals surface area (Å²) in [6.45, 7) is 0.228. The van der Waals surface area contributed by atoms with Crippen LogP contribution in [0, 0.1) is 0 Å². The highest BCUT2D eigenvalue weighted by Gasteiger charge is 2.05. The molecule has 1 heterocycles. The summed E-state index contributed by atoms with van der Waals surface area (Å²) in [7, 11) is 3.41. The number of aromatic nitrogens is 3. The van der Waals surface area contributed by atoms with E-state index < -0.39 is 0 Å². The van der Waals surface area contributed by atoms with Gasteiger partial charge in [0.2, 0.25) is 10.6 Å². The molecule has 0 aliphatic carbocycles. The molecule has 0 aliphatic heterocycles. The minimum Gasteiger partial charge on any atom is -0.347 e. The second-order valence-electron chi connectivity index (χ2n) is 2.50. The lowest BCUT2D eigenvalue weighted by atomic mass is 10.5. The zero-order valence-electron chi connectivity index (χ0n) is 6.86. The maximum atomic E-state index is 11.1. The van der Waals surface area contributed by atoms with Crippen LogP contribution in [0.5, 0.6) is 0 Å². The molecular formula is C6H9BrN4O. The Hall–Kier alpha value is -0.910. The molecule has 12 heavy (non-hydrogen) atoms. The zero-order chi connectivity index (χ0) is 9.14. The topological polar surface area (TPSA) is 51.0 Å². The average Bonchev–Trinajstić information content (AvgIpc) is 2.35. The van der Waals surface area contributed by atoms with Crippen LogP contribution >= 0.6 is 15.9 Å². The second-order valence-corrected chi connectivity index (χ2v) is 3.21. The van der Waals surface area contributed by atoms with E-state index in [-0.39, 0.29) is 12.5 Å². The number of likely N-dealkylation sites (N-methyl/N-ethyl adjacent to an activating group) is 1. The fourth-order valence-electron chi connectivity index (χ4n) is 0.628. The summed E-state index contributed by atoms with van der Waals surface area (Å²) in [6, 6.07) is 0. The molecule has 0 fully saturated rings. The first-order chi connectivity index (χ1) is 5.59. The number of nitrogens with zero attached hydrogens (tertiary/aromatic N) is 4. The molecule has 1 amide bonds. The molecule has 0 saturated carbocycles. The number of amides is 1. The van der Waals surface area contributed by atoms with Crippen LogP contribution in [0.1, 0.15) is 0 Å². The third-order valence-electron chi connectivity index (χ3n) is 1.30. The van der Waals surface area contributed by atoms with Crippen molar-refractivity contribution < 1.29 is 4.79 Å². The van der Waals surface area contributed by atoms with Crippen molar-refractivity contribution in [1.82, 2.24) is 19.7 Å². The standard InChI is InChI=1S/C6H9BrN4O/c1-10(2)5(12)3-11-4-8-6(7)9-11/h4H,3H2,1-2H3. The van der Waals surface area contributed by atoms with Crippen molar-refractivity contribution in [3.05, 3.63) is 11.1 Å². The molecule has 0 atom stereocenters. The van der Waals surface area contributed by atoms with Crippen LogP contribution in [0.4, 0.5) is 0 Å². The van der Waals surface area contributed by atoms with Gasteiger partial charge in [-0.15, -0.1) is 5.10 Å². The van der Waals surface area contributed by atoms with Gasteiger partial charge in [-0.25, -0.2) is 9.67 Å². The zero-order valence-corrected chi connectivity index (χ0v) is 8.45. The van der Waals surface area contributed by atoms with E-state index in [4.69, 9.17) is 0 Å². The summed E-state index contributed by atoms with van der Waals surface area (Å²) in [5.41, 5.74) is 0. The van der Waals surface area contributed by atoms with Crippen LogP contribution in [0.25, 0.3) is 0 Å². The van der Waals surface area contributed by atoms with Gasteiger partial charge in [-0.05, 0) is 15.9 Å². The summed E-state index contributed by atoms with van der Waals surface area (Å²) >= 11 is 3.09. The monoisotopic (exact) mass is 232 g/mol. The van der Waals surface area contributed by atoms with Crippen LogP contribution in [-0.4, -0.2) is 39.7 Å². The van der Waals surface area contributed by atoms with E-state index in [9.17, 15) is 4.79 Å². The fourth-order valence-corrected chi connectivity index (χ4v) is 0.923. The van der Waals surface area contributed by atoms with Gasteiger partial charge in [0.25, 0.3) is 0 Å². The molecule has 1 aromatic rings. The number of hydrogen-bond acceptors (Lipinski definition) is 3. The molecule has 0 bridgehead atoms. The van der Waals surface area contributed by atoms with Crippen molar-refractivity contribution in [2.75, 3.05) is 14.1 Å². The number of hydrogen-bond donors (Lipinski definition) is 0. The molecule has 1 aromatic heterocycles. The van der Waals surface area contributed by atoms with Crippen molar-refractivity contribution in [1.29, 1.82) is 0 Å². The van der Waals surface area contributed by atoms with Crippen molar-refractivity contribution in [2.24, 2.45) is 0 Å². The highest BCUT2D eigenvalue weighted by atomic mass is 79.9. The van der Waals surface area contributed by atoms with Crippen molar-refractivity contribution in [3.8, 4) is 0 Å². The van der Waals surface area contributed by atoms with E-state index in [0.29, 0.717) is 4.73 Å². The van der Waals surface area contributed by atoms with Crippen molar-refractivity contribution in [3.63, 3.8) is 0 Å². The molecule has 0 spiro atoms. The summed E-state index contributed by atoms with van der Waals surface area (Å²) in [6.07, 6.45) is 1.51. The van der Waals surface area contributed by atoms with Gasteiger partial charge in [0.15, 0.2) is 0 Å². The van der Waals surface area contributed by atoms with Crippen LogP contribution in [0.2, 0.25) is 0 Å². The highest BCUT2D eigenvalue weighted by Crippen LogP contribution is 1.98. The highest BCUT2D eigenvalue weighted by molar-refractivity contribution is 9.10. The quantitative estimate of drug-likeness (QED) is 0.729. The lowest BCUT2D eigenvalue weighted by molar-refractivity contribution is -0.129. The molecule has 0 unspecified atom stereocenters. The lowest BCUT2D eigenvalue weighted by Gasteiger charge is -2.08. The van der Waals surface area contributed by atoms with Gasteiger partial charge in [-0.2, -0.15) is 0 Å². The molecule has 5 nitrogen and oxygen atoms in total. The first-order valence-corrected chi connectivity index (χ1v) is 4.14. The minimum absolute atomic E-state index is 0.00704. The molecule has 0 radical (unpaired) electrons. The van der Waals surface area contributed by atoms with Gasteiger partial charge in [0, 0.05) is 14.1 Å². The third kappa shape index (κ3) is 2.30. The van der Waals surface area contributed by atoms with Crippen molar-refractivity contribution >= 4 is 21.8 Å². The Morgan fingerprint density at radius 3 is 2.83 bits per heavy atom. The van der Waals surface area contributed by atoms with Crippen LogP contribution in [0.15, 0.2) is 11.1 Å².